The molecule has 0 unspecified atom stereocenters. The van der Waals surface area contributed by atoms with E-state index in [1.807, 2.05) is 0 Å². The zero-order valence-electron chi connectivity index (χ0n) is 14.9. The van der Waals surface area contributed by atoms with Crippen LogP contribution < -0.4 is 4.74 Å². The normalized spacial score (nSPS) is 11.8. The van der Waals surface area contributed by atoms with E-state index >= 15 is 0 Å². The first-order valence-corrected chi connectivity index (χ1v) is 7.65. The number of ether oxygens (including phenoxy) is 1. The number of aromatic hydroxyl groups is 1. The number of carbonyl (C=O) groups excluding carboxylic acids is 1. The van der Waals surface area contributed by atoms with Crippen LogP contribution >= 0.6 is 0 Å². The molecule has 7 nitrogen and oxygen atoms in total. The van der Waals surface area contributed by atoms with E-state index in [1.54, 1.807) is 49.1 Å². The Morgan fingerprint density at radius 1 is 1.40 bits per heavy atom. The second kappa shape index (κ2) is 7.12. The van der Waals surface area contributed by atoms with Crippen molar-refractivity contribution in [3.8, 4) is 22.9 Å². The van der Waals surface area contributed by atoms with Gasteiger partial charge in [0.15, 0.2) is 6.29 Å². The molecule has 0 aliphatic heterocycles. The molecule has 0 radical (unpaired) electrons. The maximum absolute atomic E-state index is 11.2. The highest BCUT2D eigenvalue weighted by atomic mass is 16.5. The minimum Gasteiger partial charge on any atom is -0.507 e. The van der Waals surface area contributed by atoms with Crippen LogP contribution in [0.4, 0.5) is 0 Å². The lowest BCUT2D eigenvalue weighted by atomic mass is 10.1. The van der Waals surface area contributed by atoms with Crippen LogP contribution in [-0.2, 0) is 6.61 Å². The Kier molecular flexibility index (Phi) is 4.37. The van der Waals surface area contributed by atoms with Crippen molar-refractivity contribution in [1.82, 2.24) is 19.7 Å². The molecule has 2 heterocycles. The highest BCUT2D eigenvalue weighted by Gasteiger charge is 2.15. The van der Waals surface area contributed by atoms with Crippen molar-refractivity contribution in [2.45, 2.75) is 26.5 Å². The number of rotatable bonds is 6. The number of aromatic nitrogens is 4. The van der Waals surface area contributed by atoms with E-state index in [9.17, 15) is 9.90 Å². The number of carbonyl (C=O) groups is 1. The topological polar surface area (TPSA) is 90.1 Å². The SMILES string of the molecule is [2H]C(C)(C)n1nccc1-c1ncncc1COc1cccc(O)c1C=O. The molecule has 3 aromatic rings. The molecule has 0 aliphatic carbocycles. The molecule has 0 bridgehead atoms. The van der Waals surface area contributed by atoms with Crippen molar-refractivity contribution in [3.63, 3.8) is 0 Å². The summed E-state index contributed by atoms with van der Waals surface area (Å²) in [5.74, 6) is 0.125. The van der Waals surface area contributed by atoms with Crippen LogP contribution in [0.1, 0.15) is 37.2 Å². The Hall–Kier alpha value is -3.22. The first-order valence-electron chi connectivity index (χ1n) is 8.15. The van der Waals surface area contributed by atoms with Crippen molar-refractivity contribution in [3.05, 3.63) is 54.1 Å². The fraction of sp³-hybridized carbons (Fsp3) is 0.222. The summed E-state index contributed by atoms with van der Waals surface area (Å²) in [5, 5.41) is 14.0. The van der Waals surface area contributed by atoms with E-state index in [4.69, 9.17) is 6.11 Å². The third-order valence-corrected chi connectivity index (χ3v) is 3.64. The van der Waals surface area contributed by atoms with Crippen LogP contribution in [0.5, 0.6) is 11.5 Å². The summed E-state index contributed by atoms with van der Waals surface area (Å²) in [5.41, 5.74) is 2.00. The Bertz CT molecular complexity index is 934. The number of aldehydes is 1. The Morgan fingerprint density at radius 2 is 2.24 bits per heavy atom. The lowest BCUT2D eigenvalue weighted by Gasteiger charge is -2.14. The third-order valence-electron chi connectivity index (χ3n) is 3.64. The average molecular weight is 339 g/mol. The predicted molar refractivity (Wildman–Crippen MR) is 91.5 cm³/mol. The van der Waals surface area contributed by atoms with Gasteiger partial charge in [0.1, 0.15) is 24.4 Å². The second-order valence-electron chi connectivity index (χ2n) is 5.57. The number of phenolic OH excluding ortho intramolecular Hbond substituents is 1. The zero-order valence-corrected chi connectivity index (χ0v) is 13.9. The molecule has 3 rings (SSSR count). The standard InChI is InChI=1S/C18H18N4O3/c1-12(2)22-15(6-7-21-22)18-13(8-19-11-20-18)10-25-17-5-3-4-16(24)14(17)9-23/h3-9,11-12,24H,10H2,1-2H3/i12D. The monoisotopic (exact) mass is 339 g/mol. The molecular formula is C18H18N4O3. The van der Waals surface area contributed by atoms with Gasteiger partial charge in [0.25, 0.3) is 0 Å². The molecule has 0 saturated heterocycles. The molecule has 1 N–H and O–H groups in total. The van der Waals surface area contributed by atoms with Crippen LogP contribution in [0.3, 0.4) is 0 Å². The summed E-state index contributed by atoms with van der Waals surface area (Å²) < 4.78 is 15.5. The maximum atomic E-state index is 11.2. The molecule has 0 saturated carbocycles. The molecule has 2 aromatic heterocycles. The van der Waals surface area contributed by atoms with Gasteiger partial charge in [0.2, 0.25) is 0 Å². The van der Waals surface area contributed by atoms with Gasteiger partial charge in [0, 0.05) is 24.0 Å². The van der Waals surface area contributed by atoms with Gasteiger partial charge in [-0.2, -0.15) is 5.10 Å². The van der Waals surface area contributed by atoms with E-state index in [1.165, 1.54) is 12.4 Å². The molecule has 0 fully saturated rings. The molecule has 0 spiro atoms. The van der Waals surface area contributed by atoms with E-state index < -0.39 is 6.02 Å². The van der Waals surface area contributed by atoms with Gasteiger partial charge in [0.05, 0.1) is 18.3 Å². The number of benzene rings is 1. The van der Waals surface area contributed by atoms with Gasteiger partial charge in [-0.05, 0) is 32.0 Å². The van der Waals surface area contributed by atoms with Crippen LogP contribution in [0.15, 0.2) is 43.0 Å². The highest BCUT2D eigenvalue weighted by Crippen LogP contribution is 2.28. The van der Waals surface area contributed by atoms with Gasteiger partial charge in [-0.1, -0.05) is 6.07 Å². The van der Waals surface area contributed by atoms with Crippen molar-refractivity contribution < 1.29 is 16.0 Å². The Balaban J connectivity index is 1.94. The van der Waals surface area contributed by atoms with Crippen LogP contribution in [0.2, 0.25) is 0 Å². The van der Waals surface area contributed by atoms with Gasteiger partial charge >= 0.3 is 0 Å². The smallest absolute Gasteiger partial charge is 0.157 e. The second-order valence-corrected chi connectivity index (χ2v) is 5.57. The summed E-state index contributed by atoms with van der Waals surface area (Å²) in [6.45, 7) is 3.54. The maximum Gasteiger partial charge on any atom is 0.157 e. The largest absolute Gasteiger partial charge is 0.507 e. The number of phenols is 1. The van der Waals surface area contributed by atoms with Crippen molar-refractivity contribution in [2.24, 2.45) is 0 Å². The molecule has 7 heteroatoms. The van der Waals surface area contributed by atoms with Gasteiger partial charge in [-0.3, -0.25) is 9.48 Å². The van der Waals surface area contributed by atoms with Crippen LogP contribution in [0.25, 0.3) is 11.4 Å². The molecule has 0 amide bonds. The van der Waals surface area contributed by atoms with E-state index in [-0.39, 0.29) is 23.7 Å². The Morgan fingerprint density at radius 3 is 3.00 bits per heavy atom. The van der Waals surface area contributed by atoms with Gasteiger partial charge < -0.3 is 9.84 Å². The number of hydrogen-bond donors (Lipinski definition) is 1. The quantitative estimate of drug-likeness (QED) is 0.694. The zero-order chi connectivity index (χ0) is 18.7. The molecule has 25 heavy (non-hydrogen) atoms. The number of nitrogens with zero attached hydrogens (tertiary/aromatic N) is 4. The third kappa shape index (κ3) is 3.35. The summed E-state index contributed by atoms with van der Waals surface area (Å²) in [6.07, 6.45) is 5.18. The fourth-order valence-corrected chi connectivity index (χ4v) is 2.47. The molecule has 1 aromatic carbocycles. The van der Waals surface area contributed by atoms with Crippen molar-refractivity contribution in [2.75, 3.05) is 0 Å². The van der Waals surface area contributed by atoms with Crippen LogP contribution in [0, 0.1) is 0 Å². The van der Waals surface area contributed by atoms with E-state index in [0.29, 0.717) is 23.2 Å². The van der Waals surface area contributed by atoms with Crippen LogP contribution in [-0.4, -0.2) is 31.1 Å². The van der Waals surface area contributed by atoms with Crippen molar-refractivity contribution in [1.29, 1.82) is 0 Å². The lowest BCUT2D eigenvalue weighted by Crippen LogP contribution is -2.08. The minimum absolute atomic E-state index is 0.0863. The average Bonchev–Trinajstić information content (AvgIpc) is 3.10. The summed E-state index contributed by atoms with van der Waals surface area (Å²) in [7, 11) is 0. The molecule has 128 valence electrons. The molecule has 0 atom stereocenters. The molecule has 0 aliphatic rings. The van der Waals surface area contributed by atoms with E-state index in [2.05, 4.69) is 15.1 Å². The van der Waals surface area contributed by atoms with E-state index in [0.717, 1.165) is 0 Å². The summed E-state index contributed by atoms with van der Waals surface area (Å²) in [6, 6.07) is 5.43. The highest BCUT2D eigenvalue weighted by molar-refractivity contribution is 5.83. The van der Waals surface area contributed by atoms with Crippen molar-refractivity contribution >= 4 is 6.29 Å². The number of hydrogen-bond acceptors (Lipinski definition) is 6. The lowest BCUT2D eigenvalue weighted by molar-refractivity contribution is 0.111. The Labute approximate surface area is 146 Å². The molecular weight excluding hydrogens is 320 g/mol. The summed E-state index contributed by atoms with van der Waals surface area (Å²) >= 11 is 0. The van der Waals surface area contributed by atoms with Gasteiger partial charge in [-0.25, -0.2) is 9.97 Å². The first kappa shape index (κ1) is 15.3. The summed E-state index contributed by atoms with van der Waals surface area (Å²) in [4.78, 5) is 19.5. The first-order chi connectivity index (χ1) is 12.4. The fourth-order valence-electron chi connectivity index (χ4n) is 2.47. The minimum atomic E-state index is -0.960. The predicted octanol–water partition coefficient (Wildman–Crippen LogP) is 3.02. The van der Waals surface area contributed by atoms with Gasteiger partial charge in [-0.15, -0.1) is 0 Å².